The lowest BCUT2D eigenvalue weighted by Gasteiger charge is -2.29. The minimum Gasteiger partial charge on any atom is -0.455 e. The molecule has 1 heterocycles. The van der Waals surface area contributed by atoms with E-state index in [4.69, 9.17) is 11.0 Å². The number of para-hydroxylation sites is 1. The van der Waals surface area contributed by atoms with Crippen LogP contribution in [-0.2, 0) is 11.8 Å². The van der Waals surface area contributed by atoms with E-state index in [0.717, 1.165) is 74.8 Å². The van der Waals surface area contributed by atoms with Gasteiger partial charge in [-0.25, -0.2) is 0 Å². The molecule has 0 N–H and O–H groups in total. The van der Waals surface area contributed by atoms with Crippen LogP contribution in [0, 0.1) is 0 Å². The van der Waals surface area contributed by atoms with Crippen LogP contribution in [-0.4, -0.2) is 0 Å². The van der Waals surface area contributed by atoms with Gasteiger partial charge in [-0.2, -0.15) is 0 Å². The highest BCUT2D eigenvalue weighted by atomic mass is 16.3. The lowest BCUT2D eigenvalue weighted by molar-refractivity contribution is 0.523. The van der Waals surface area contributed by atoms with Crippen molar-refractivity contribution in [3.05, 3.63) is 219 Å². The third-order valence-electron chi connectivity index (χ3n) is 11.6. The van der Waals surface area contributed by atoms with Gasteiger partial charge in [0.15, 0.2) is 0 Å². The first-order valence-electron chi connectivity index (χ1n) is 19.8. The zero-order chi connectivity index (χ0) is 38.2. The van der Waals surface area contributed by atoms with Gasteiger partial charge in [0.05, 0.1) is 0 Å². The van der Waals surface area contributed by atoms with Gasteiger partial charge in [0.2, 0.25) is 0 Å². The second-order valence-electron chi connectivity index (χ2n) is 15.9. The van der Waals surface area contributed by atoms with E-state index in [1.165, 1.54) is 49.4 Å². The lowest BCUT2D eigenvalue weighted by Crippen LogP contribution is -2.30. The number of benzene rings is 6. The molecule has 272 valence electrons. The summed E-state index contributed by atoms with van der Waals surface area (Å²) in [4.78, 5) is 0. The smallest absolute Gasteiger partial charge is 0.142 e. The molecule has 0 saturated carbocycles. The van der Waals surface area contributed by atoms with E-state index in [9.17, 15) is 0 Å². The predicted octanol–water partition coefficient (Wildman–Crippen LogP) is 11.3. The highest BCUT2D eigenvalue weighted by Gasteiger charge is 2.29. The molecule has 2 aliphatic carbocycles. The number of hydrogen-bond acceptors (Lipinski definition) is 1. The van der Waals surface area contributed by atoms with Crippen molar-refractivity contribution in [1.29, 1.82) is 0 Å². The summed E-state index contributed by atoms with van der Waals surface area (Å²) in [6.07, 6.45) is 17.5. The van der Waals surface area contributed by atoms with Crippen molar-refractivity contribution in [2.75, 3.05) is 0 Å². The number of fused-ring (bicyclic) bond motifs is 7. The first-order chi connectivity index (χ1) is 27.3. The minimum absolute atomic E-state index is 0.136. The van der Waals surface area contributed by atoms with Crippen LogP contribution in [0.25, 0.3) is 62.9 Å². The van der Waals surface area contributed by atoms with E-state index in [-0.39, 0.29) is 5.41 Å². The molecule has 0 amide bonds. The van der Waals surface area contributed by atoms with E-state index in [0.29, 0.717) is 0 Å². The molecule has 2 aliphatic rings. The summed E-state index contributed by atoms with van der Waals surface area (Å²) in [5, 5.41) is 6.72. The summed E-state index contributed by atoms with van der Waals surface area (Å²) in [6.45, 7) is 14.0. The molecule has 0 fully saturated rings. The van der Waals surface area contributed by atoms with Crippen LogP contribution in [0.4, 0.5) is 0 Å². The Balaban J connectivity index is 1.30. The Hall–Kier alpha value is -6.44. The van der Waals surface area contributed by atoms with Crippen LogP contribution in [0.3, 0.4) is 0 Å². The van der Waals surface area contributed by atoms with Gasteiger partial charge in [-0.05, 0) is 126 Å². The molecule has 0 spiro atoms. The molecule has 6 aromatic carbocycles. The Kier molecular flexibility index (Phi) is 9.23. The fourth-order valence-electron chi connectivity index (χ4n) is 8.78. The van der Waals surface area contributed by atoms with Crippen LogP contribution in [0.15, 0.2) is 180 Å². The average Bonchev–Trinajstić information content (AvgIpc) is 3.61. The van der Waals surface area contributed by atoms with Crippen molar-refractivity contribution in [1.82, 2.24) is 0 Å². The molecule has 1 nitrogen and oxygen atoms in total. The highest BCUT2D eigenvalue weighted by molar-refractivity contribution is 6.08. The molecule has 0 atom stereocenters. The van der Waals surface area contributed by atoms with E-state index in [1.54, 1.807) is 0 Å². The fraction of sp³-hybridized carbons (Fsp3) is 0.127. The molecule has 0 unspecified atom stereocenters. The van der Waals surface area contributed by atoms with Crippen molar-refractivity contribution >= 4 is 51.8 Å². The Morgan fingerprint density at radius 3 is 2.25 bits per heavy atom. The molecular formula is C55H46O. The summed E-state index contributed by atoms with van der Waals surface area (Å²) >= 11 is 0. The zero-order valence-electron chi connectivity index (χ0n) is 32.3. The molecule has 56 heavy (non-hydrogen) atoms. The average molecular weight is 723 g/mol. The fourth-order valence-corrected chi connectivity index (χ4v) is 8.78. The largest absolute Gasteiger partial charge is 0.455 e. The SMILES string of the molecule is C=C(/C=c1/ccc(-c2ccccc2)cc1=C)C1=c2/cccc/c2=C(\C2=C/c3c(ccc4c3oc3ccccc34)Cc3ccccc3C(C)(C)C2)/C=C/CC/C=C/1. The first kappa shape index (κ1) is 35.3. The second-order valence-corrected chi connectivity index (χ2v) is 15.9. The van der Waals surface area contributed by atoms with Gasteiger partial charge in [-0.15, -0.1) is 0 Å². The number of rotatable bonds is 4. The van der Waals surface area contributed by atoms with Gasteiger partial charge in [-0.1, -0.05) is 173 Å². The summed E-state index contributed by atoms with van der Waals surface area (Å²) in [6, 6.07) is 47.9. The van der Waals surface area contributed by atoms with Crippen LogP contribution in [0.1, 0.15) is 55.4 Å². The van der Waals surface area contributed by atoms with Crippen LogP contribution >= 0.6 is 0 Å². The Labute approximate surface area is 329 Å². The van der Waals surface area contributed by atoms with Crippen LogP contribution in [0.5, 0.6) is 0 Å². The summed E-state index contributed by atoms with van der Waals surface area (Å²) in [5.74, 6) is 0. The van der Waals surface area contributed by atoms with Crippen molar-refractivity contribution in [3.63, 3.8) is 0 Å². The predicted molar refractivity (Wildman–Crippen MR) is 239 cm³/mol. The van der Waals surface area contributed by atoms with Crippen LogP contribution in [0.2, 0.25) is 0 Å². The molecule has 1 aromatic heterocycles. The molecule has 0 bridgehead atoms. The van der Waals surface area contributed by atoms with E-state index in [2.05, 4.69) is 190 Å². The molecule has 0 aliphatic heterocycles. The van der Waals surface area contributed by atoms with Gasteiger partial charge in [0.25, 0.3) is 0 Å². The quantitative estimate of drug-likeness (QED) is 0.176. The van der Waals surface area contributed by atoms with Crippen molar-refractivity contribution in [2.24, 2.45) is 0 Å². The molecule has 0 radical (unpaired) electrons. The van der Waals surface area contributed by atoms with Gasteiger partial charge < -0.3 is 4.42 Å². The van der Waals surface area contributed by atoms with Crippen molar-refractivity contribution in [2.45, 2.75) is 44.9 Å². The maximum absolute atomic E-state index is 6.76. The number of furan rings is 1. The second kappa shape index (κ2) is 14.7. The normalized spacial score (nSPS) is 19.7. The number of allylic oxidation sites excluding steroid dienone is 6. The lowest BCUT2D eigenvalue weighted by atomic mass is 9.75. The van der Waals surface area contributed by atoms with Gasteiger partial charge in [0, 0.05) is 16.3 Å². The summed E-state index contributed by atoms with van der Waals surface area (Å²) in [5.41, 5.74) is 13.9. The highest BCUT2D eigenvalue weighted by Crippen LogP contribution is 2.42. The molecule has 0 saturated heterocycles. The monoisotopic (exact) mass is 722 g/mol. The van der Waals surface area contributed by atoms with Crippen molar-refractivity contribution in [3.8, 4) is 11.1 Å². The topological polar surface area (TPSA) is 13.1 Å². The Morgan fingerprint density at radius 1 is 0.679 bits per heavy atom. The van der Waals surface area contributed by atoms with Gasteiger partial charge in [0.1, 0.15) is 11.2 Å². The Morgan fingerprint density at radius 2 is 1.41 bits per heavy atom. The molecule has 1 heteroatoms. The van der Waals surface area contributed by atoms with E-state index >= 15 is 0 Å². The maximum atomic E-state index is 6.76. The van der Waals surface area contributed by atoms with E-state index < -0.39 is 0 Å². The zero-order valence-corrected chi connectivity index (χ0v) is 32.3. The molecular weight excluding hydrogens is 677 g/mol. The molecule has 9 rings (SSSR count). The Bertz CT molecular complexity index is 3020. The summed E-state index contributed by atoms with van der Waals surface area (Å²) < 4.78 is 6.76. The van der Waals surface area contributed by atoms with Gasteiger partial charge >= 0.3 is 0 Å². The maximum Gasteiger partial charge on any atom is 0.142 e. The van der Waals surface area contributed by atoms with Gasteiger partial charge in [-0.3, -0.25) is 0 Å². The summed E-state index contributed by atoms with van der Waals surface area (Å²) in [7, 11) is 0. The van der Waals surface area contributed by atoms with E-state index in [1.807, 2.05) is 0 Å². The minimum atomic E-state index is -0.136. The number of hydrogen-bond donors (Lipinski definition) is 0. The van der Waals surface area contributed by atoms with Crippen LogP contribution < -0.4 is 20.9 Å². The third-order valence-corrected chi connectivity index (χ3v) is 11.6. The first-order valence-corrected chi connectivity index (χ1v) is 19.8. The van der Waals surface area contributed by atoms with Crippen molar-refractivity contribution < 1.29 is 4.42 Å². The standard InChI is InChI=1S/C55H46O/c1-37-32-41(39-18-8-7-9-19-39)29-28-40(37)33-38(2)45-21-10-5-6-11-22-46(48-24-14-13-23-47(45)48)44-35-51-42(34-43-20-12-16-26-52(43)55(3,4)36-44)30-31-50-49-25-15-17-27-53(49)56-54(50)51/h7-33,35H,1-2,5-6,34,36H2,3-4H3/b21-10+,22-11+,40-33-,44-35-,47-45+,48-46+. The molecule has 7 aromatic rings. The third kappa shape index (κ3) is 6.65.